The van der Waals surface area contributed by atoms with Crippen molar-refractivity contribution in [3.8, 4) is 0 Å². The number of carbonyl (C=O) groups excluding carboxylic acids is 1. The average Bonchev–Trinajstić information content (AvgIpc) is 3.16. The summed E-state index contributed by atoms with van der Waals surface area (Å²) < 4.78 is 19.3. The van der Waals surface area contributed by atoms with E-state index < -0.39 is 0 Å². The van der Waals surface area contributed by atoms with Gasteiger partial charge in [-0.2, -0.15) is 0 Å². The zero-order chi connectivity index (χ0) is 18.6. The van der Waals surface area contributed by atoms with E-state index in [9.17, 15) is 9.18 Å². The Labute approximate surface area is 156 Å². The van der Waals surface area contributed by atoms with Gasteiger partial charge in [-0.1, -0.05) is 12.1 Å². The topological polar surface area (TPSA) is 72.1 Å². The molecule has 3 aromatic rings. The number of aromatic nitrogens is 3. The van der Waals surface area contributed by atoms with Crippen molar-refractivity contribution in [2.24, 2.45) is 0 Å². The summed E-state index contributed by atoms with van der Waals surface area (Å²) >= 11 is 0. The number of oxazole rings is 1. The van der Waals surface area contributed by atoms with Crippen LogP contribution in [0.2, 0.25) is 0 Å². The summed E-state index contributed by atoms with van der Waals surface area (Å²) in [6, 6.07) is 6.18. The Morgan fingerprint density at radius 2 is 2.15 bits per heavy atom. The molecule has 1 aromatic carbocycles. The Kier molecular flexibility index (Phi) is 4.91. The fourth-order valence-corrected chi connectivity index (χ4v) is 3.39. The molecule has 1 aliphatic rings. The smallest absolute Gasteiger partial charge is 0.274 e. The molecule has 0 radical (unpaired) electrons. The molecule has 0 bridgehead atoms. The molecule has 138 valence electrons. The average molecular weight is 366 g/mol. The van der Waals surface area contributed by atoms with Crippen LogP contribution >= 0.6 is 0 Å². The minimum absolute atomic E-state index is 0.169. The van der Waals surface area contributed by atoms with Gasteiger partial charge in [-0.3, -0.25) is 9.78 Å². The number of hydrogen-bond acceptors (Lipinski definition) is 5. The second-order valence-corrected chi connectivity index (χ2v) is 6.57. The molecule has 0 unspecified atom stereocenters. The fraction of sp³-hybridized carbons (Fsp3) is 0.300. The predicted molar refractivity (Wildman–Crippen MR) is 95.4 cm³/mol. The highest BCUT2D eigenvalue weighted by Gasteiger charge is 2.32. The summed E-state index contributed by atoms with van der Waals surface area (Å²) in [5, 5.41) is 0. The van der Waals surface area contributed by atoms with Crippen molar-refractivity contribution in [2.75, 3.05) is 6.54 Å². The molecule has 1 aliphatic heterocycles. The van der Waals surface area contributed by atoms with E-state index in [1.807, 2.05) is 6.07 Å². The van der Waals surface area contributed by atoms with E-state index in [1.54, 1.807) is 17.2 Å². The molecule has 6 nitrogen and oxygen atoms in total. The van der Waals surface area contributed by atoms with Crippen molar-refractivity contribution in [1.29, 1.82) is 0 Å². The van der Waals surface area contributed by atoms with Crippen LogP contribution in [-0.4, -0.2) is 32.3 Å². The lowest BCUT2D eigenvalue weighted by molar-refractivity contribution is 0.0563. The molecule has 3 heterocycles. The molecule has 1 amide bonds. The van der Waals surface area contributed by atoms with E-state index in [0.717, 1.165) is 24.8 Å². The number of amides is 1. The summed E-state index contributed by atoms with van der Waals surface area (Å²) in [7, 11) is 0. The van der Waals surface area contributed by atoms with Crippen molar-refractivity contribution >= 4 is 5.91 Å². The lowest BCUT2D eigenvalue weighted by atomic mass is 10.0. The predicted octanol–water partition coefficient (Wildman–Crippen LogP) is 3.56. The first kappa shape index (κ1) is 17.3. The standard InChI is InChI=1S/C20H19FN4O2/c21-15-5-3-4-14(10-15)11-16-12-24-19(27-16)18-6-1-2-9-25(18)20(26)17-13-22-7-8-23-17/h3-5,7-8,10,12-13,18H,1-2,6,9,11H2/t18-/m0/s1. The van der Waals surface area contributed by atoms with Gasteiger partial charge in [0.25, 0.3) is 5.91 Å². The van der Waals surface area contributed by atoms with E-state index in [-0.39, 0.29) is 17.8 Å². The minimum atomic E-state index is -0.278. The van der Waals surface area contributed by atoms with Crippen molar-refractivity contribution in [3.05, 3.63) is 77.8 Å². The third-order valence-corrected chi connectivity index (χ3v) is 4.67. The molecule has 0 N–H and O–H groups in total. The van der Waals surface area contributed by atoms with Gasteiger partial charge < -0.3 is 9.32 Å². The lowest BCUT2D eigenvalue weighted by Crippen LogP contribution is -2.39. The van der Waals surface area contributed by atoms with E-state index >= 15 is 0 Å². The monoisotopic (exact) mass is 366 g/mol. The number of carbonyl (C=O) groups is 1. The molecule has 27 heavy (non-hydrogen) atoms. The van der Waals surface area contributed by atoms with Crippen LogP contribution < -0.4 is 0 Å². The highest BCUT2D eigenvalue weighted by molar-refractivity contribution is 5.92. The third-order valence-electron chi connectivity index (χ3n) is 4.67. The Bertz CT molecular complexity index is 928. The quantitative estimate of drug-likeness (QED) is 0.706. The Hall–Kier alpha value is -3.09. The molecule has 7 heteroatoms. The van der Waals surface area contributed by atoms with Gasteiger partial charge in [0.2, 0.25) is 5.89 Å². The largest absolute Gasteiger partial charge is 0.443 e. The maximum absolute atomic E-state index is 13.4. The highest BCUT2D eigenvalue weighted by atomic mass is 19.1. The van der Waals surface area contributed by atoms with Crippen LogP contribution in [0.25, 0.3) is 0 Å². The van der Waals surface area contributed by atoms with Gasteiger partial charge >= 0.3 is 0 Å². The molecule has 1 atom stereocenters. The number of likely N-dealkylation sites (tertiary alicyclic amines) is 1. The van der Waals surface area contributed by atoms with Gasteiger partial charge in [-0.05, 0) is 37.0 Å². The second kappa shape index (κ2) is 7.65. The van der Waals surface area contributed by atoms with Crippen LogP contribution in [0.1, 0.15) is 53.0 Å². The van der Waals surface area contributed by atoms with Crippen LogP contribution in [0.4, 0.5) is 4.39 Å². The minimum Gasteiger partial charge on any atom is -0.443 e. The van der Waals surface area contributed by atoms with Crippen molar-refractivity contribution in [3.63, 3.8) is 0 Å². The first-order valence-corrected chi connectivity index (χ1v) is 8.97. The summed E-state index contributed by atoms with van der Waals surface area (Å²) in [5.41, 5.74) is 1.13. The van der Waals surface area contributed by atoms with E-state index in [1.165, 1.54) is 30.7 Å². The van der Waals surface area contributed by atoms with E-state index in [2.05, 4.69) is 15.0 Å². The lowest BCUT2D eigenvalue weighted by Gasteiger charge is -2.33. The molecule has 2 aromatic heterocycles. The van der Waals surface area contributed by atoms with Crippen molar-refractivity contribution in [2.45, 2.75) is 31.7 Å². The van der Waals surface area contributed by atoms with Crippen molar-refractivity contribution in [1.82, 2.24) is 19.9 Å². The maximum Gasteiger partial charge on any atom is 0.274 e. The van der Waals surface area contributed by atoms with Crippen LogP contribution in [0.3, 0.4) is 0 Å². The number of hydrogen-bond donors (Lipinski definition) is 0. The summed E-state index contributed by atoms with van der Waals surface area (Å²) in [6.07, 6.45) is 9.34. The number of halogens is 1. The first-order chi connectivity index (χ1) is 13.2. The zero-order valence-corrected chi connectivity index (χ0v) is 14.7. The van der Waals surface area contributed by atoms with E-state index in [0.29, 0.717) is 30.3 Å². The second-order valence-electron chi connectivity index (χ2n) is 6.57. The number of piperidine rings is 1. The van der Waals surface area contributed by atoms with Gasteiger partial charge in [-0.25, -0.2) is 14.4 Å². The molecule has 0 aliphatic carbocycles. The maximum atomic E-state index is 13.4. The van der Waals surface area contributed by atoms with Gasteiger partial charge in [0, 0.05) is 25.4 Å². The van der Waals surface area contributed by atoms with Gasteiger partial charge in [0.1, 0.15) is 23.3 Å². The third kappa shape index (κ3) is 3.86. The molecular weight excluding hydrogens is 347 g/mol. The molecule has 4 rings (SSSR count). The Morgan fingerprint density at radius 3 is 2.96 bits per heavy atom. The molecular formula is C20H19FN4O2. The van der Waals surface area contributed by atoms with Gasteiger partial charge in [0.15, 0.2) is 0 Å². The Morgan fingerprint density at radius 1 is 1.22 bits per heavy atom. The van der Waals surface area contributed by atoms with Crippen molar-refractivity contribution < 1.29 is 13.6 Å². The number of rotatable bonds is 4. The van der Waals surface area contributed by atoms with Crippen LogP contribution in [-0.2, 0) is 6.42 Å². The van der Waals surface area contributed by atoms with Crippen LogP contribution in [0.15, 0.2) is 53.5 Å². The normalized spacial score (nSPS) is 17.1. The molecule has 1 saturated heterocycles. The molecule has 0 spiro atoms. The number of nitrogens with zero attached hydrogens (tertiary/aromatic N) is 4. The van der Waals surface area contributed by atoms with E-state index in [4.69, 9.17) is 4.42 Å². The SMILES string of the molecule is O=C(c1cnccn1)N1CCCC[C@H]1c1ncc(Cc2cccc(F)c2)o1. The van der Waals surface area contributed by atoms with Crippen LogP contribution in [0, 0.1) is 5.82 Å². The molecule has 0 saturated carbocycles. The summed E-state index contributed by atoms with van der Waals surface area (Å²) in [4.78, 5) is 27.1. The van der Waals surface area contributed by atoms with Gasteiger partial charge in [-0.15, -0.1) is 0 Å². The molecule has 1 fully saturated rings. The Balaban J connectivity index is 1.54. The zero-order valence-electron chi connectivity index (χ0n) is 14.7. The number of benzene rings is 1. The summed E-state index contributed by atoms with van der Waals surface area (Å²) in [6.45, 7) is 0.627. The highest BCUT2D eigenvalue weighted by Crippen LogP contribution is 2.32. The summed E-state index contributed by atoms with van der Waals surface area (Å²) in [5.74, 6) is 0.712. The fourth-order valence-electron chi connectivity index (χ4n) is 3.39. The van der Waals surface area contributed by atoms with Crippen LogP contribution in [0.5, 0.6) is 0 Å². The first-order valence-electron chi connectivity index (χ1n) is 8.97. The van der Waals surface area contributed by atoms with Gasteiger partial charge in [0.05, 0.1) is 12.4 Å².